The van der Waals surface area contributed by atoms with Crippen LogP contribution in [0, 0.1) is 0 Å². The van der Waals surface area contributed by atoms with E-state index < -0.39 is 0 Å². The normalized spacial score (nSPS) is 9.82. The molecule has 0 N–H and O–H groups in total. The lowest BCUT2D eigenvalue weighted by molar-refractivity contribution is 0.838. The quantitative estimate of drug-likeness (QED) is 0.593. The minimum Gasteiger partial charge on any atom is -0.259 e. The molecule has 0 aromatic carbocycles. The highest BCUT2D eigenvalue weighted by Crippen LogP contribution is 1.96. The topological polar surface area (TPSA) is 43.6 Å². The van der Waals surface area contributed by atoms with Crippen molar-refractivity contribution in [3.63, 3.8) is 0 Å². The van der Waals surface area contributed by atoms with Gasteiger partial charge in [0.25, 0.3) is 0 Å². The lowest BCUT2D eigenvalue weighted by Crippen LogP contribution is -1.96. The van der Waals surface area contributed by atoms with E-state index in [0.717, 1.165) is 5.82 Å². The summed E-state index contributed by atoms with van der Waals surface area (Å²) in [5.74, 6) is 0.734. The predicted octanol–water partition coefficient (Wildman–Crippen LogP) is 0.662. The summed E-state index contributed by atoms with van der Waals surface area (Å²) in [6, 6.07) is 1.84. The molecule has 2 aromatic rings. The fourth-order valence-electron chi connectivity index (χ4n) is 0.814. The maximum atomic E-state index is 4.06. The second-order valence-electron chi connectivity index (χ2n) is 2.01. The van der Waals surface area contributed by atoms with E-state index in [-0.39, 0.29) is 0 Å². The van der Waals surface area contributed by atoms with Crippen molar-refractivity contribution >= 4 is 0 Å². The van der Waals surface area contributed by atoms with Gasteiger partial charge >= 0.3 is 0 Å². The van der Waals surface area contributed by atoms with Gasteiger partial charge in [-0.1, -0.05) is 0 Å². The molecule has 54 valence electrons. The summed E-state index contributed by atoms with van der Waals surface area (Å²) in [5, 5.41) is 4.00. The summed E-state index contributed by atoms with van der Waals surface area (Å²) < 4.78 is 1.66. The Morgan fingerprint density at radius 2 is 2.18 bits per heavy atom. The van der Waals surface area contributed by atoms with Crippen molar-refractivity contribution in [1.29, 1.82) is 0 Å². The Balaban J connectivity index is 2.46. The Hall–Kier alpha value is -1.71. The van der Waals surface area contributed by atoms with E-state index in [1.54, 1.807) is 29.5 Å². The van der Waals surface area contributed by atoms with Crippen LogP contribution in [0.5, 0.6) is 0 Å². The Morgan fingerprint density at radius 3 is 2.82 bits per heavy atom. The Morgan fingerprint density at radius 1 is 1.18 bits per heavy atom. The van der Waals surface area contributed by atoms with Gasteiger partial charge in [-0.25, -0.2) is 9.67 Å². The van der Waals surface area contributed by atoms with Crippen LogP contribution in [0.2, 0.25) is 0 Å². The van der Waals surface area contributed by atoms with Gasteiger partial charge in [-0.2, -0.15) is 5.10 Å². The molecular weight excluding hydrogens is 140 g/mol. The van der Waals surface area contributed by atoms with Crippen LogP contribution in [0.25, 0.3) is 5.82 Å². The monoisotopic (exact) mass is 146 g/mol. The average molecular weight is 146 g/mol. The fourth-order valence-corrected chi connectivity index (χ4v) is 0.814. The fraction of sp³-hybridized carbons (Fsp3) is 0. The SMILES string of the molecule is c1cnn(-c2cnccn2)c1. The van der Waals surface area contributed by atoms with Crippen LogP contribution in [0.15, 0.2) is 37.1 Å². The van der Waals surface area contributed by atoms with E-state index in [0.29, 0.717) is 0 Å². The molecule has 0 bridgehead atoms. The zero-order valence-corrected chi connectivity index (χ0v) is 5.75. The van der Waals surface area contributed by atoms with Crippen LogP contribution in [0.1, 0.15) is 0 Å². The Kier molecular flexibility index (Phi) is 1.37. The molecule has 0 fully saturated rings. The maximum Gasteiger partial charge on any atom is 0.171 e. The molecule has 0 radical (unpaired) electrons. The van der Waals surface area contributed by atoms with Crippen molar-refractivity contribution in [2.75, 3.05) is 0 Å². The van der Waals surface area contributed by atoms with Gasteiger partial charge in [0.05, 0.1) is 6.20 Å². The average Bonchev–Trinajstić information content (AvgIpc) is 2.58. The summed E-state index contributed by atoms with van der Waals surface area (Å²) >= 11 is 0. The van der Waals surface area contributed by atoms with E-state index in [1.165, 1.54) is 0 Å². The van der Waals surface area contributed by atoms with Crippen LogP contribution in [-0.4, -0.2) is 19.7 Å². The number of hydrogen-bond acceptors (Lipinski definition) is 3. The first-order valence-electron chi connectivity index (χ1n) is 3.23. The highest BCUT2D eigenvalue weighted by molar-refractivity contribution is 5.14. The van der Waals surface area contributed by atoms with Crippen LogP contribution in [-0.2, 0) is 0 Å². The first-order valence-corrected chi connectivity index (χ1v) is 3.23. The Labute approximate surface area is 63.5 Å². The molecule has 11 heavy (non-hydrogen) atoms. The number of hydrogen-bond donors (Lipinski definition) is 0. The zero-order valence-electron chi connectivity index (χ0n) is 5.75. The zero-order chi connectivity index (χ0) is 7.52. The molecule has 0 aliphatic heterocycles. The van der Waals surface area contributed by atoms with Crippen molar-refractivity contribution in [1.82, 2.24) is 19.7 Å². The van der Waals surface area contributed by atoms with Gasteiger partial charge in [-0.15, -0.1) is 0 Å². The van der Waals surface area contributed by atoms with Gasteiger partial charge in [-0.05, 0) is 6.07 Å². The van der Waals surface area contributed by atoms with Crippen molar-refractivity contribution in [2.45, 2.75) is 0 Å². The molecule has 4 heteroatoms. The molecular formula is C7H6N4. The molecule has 4 nitrogen and oxygen atoms in total. The van der Waals surface area contributed by atoms with Crippen molar-refractivity contribution in [2.24, 2.45) is 0 Å². The smallest absolute Gasteiger partial charge is 0.171 e. The van der Waals surface area contributed by atoms with Crippen molar-refractivity contribution in [3.05, 3.63) is 37.1 Å². The lowest BCUT2D eigenvalue weighted by Gasteiger charge is -1.95. The minimum atomic E-state index is 0.734. The summed E-state index contributed by atoms with van der Waals surface area (Å²) in [7, 11) is 0. The van der Waals surface area contributed by atoms with E-state index >= 15 is 0 Å². The first-order chi connectivity index (χ1) is 5.47. The molecule has 0 aliphatic carbocycles. The number of nitrogens with zero attached hydrogens (tertiary/aromatic N) is 4. The summed E-state index contributed by atoms with van der Waals surface area (Å²) in [4.78, 5) is 7.98. The third-order valence-electron chi connectivity index (χ3n) is 1.29. The van der Waals surface area contributed by atoms with Crippen LogP contribution in [0.4, 0.5) is 0 Å². The van der Waals surface area contributed by atoms with Gasteiger partial charge in [0, 0.05) is 24.8 Å². The van der Waals surface area contributed by atoms with E-state index in [4.69, 9.17) is 0 Å². The summed E-state index contributed by atoms with van der Waals surface area (Å²) in [6.07, 6.45) is 8.45. The second kappa shape index (κ2) is 2.49. The van der Waals surface area contributed by atoms with E-state index in [9.17, 15) is 0 Å². The van der Waals surface area contributed by atoms with Gasteiger partial charge in [-0.3, -0.25) is 4.98 Å². The number of aromatic nitrogens is 4. The maximum absolute atomic E-state index is 4.06. The lowest BCUT2D eigenvalue weighted by atomic mass is 10.6. The second-order valence-corrected chi connectivity index (χ2v) is 2.01. The molecule has 2 heterocycles. The number of rotatable bonds is 1. The van der Waals surface area contributed by atoms with Crippen molar-refractivity contribution < 1.29 is 0 Å². The van der Waals surface area contributed by atoms with Gasteiger partial charge in [0.1, 0.15) is 0 Å². The molecule has 0 saturated heterocycles. The van der Waals surface area contributed by atoms with Gasteiger partial charge < -0.3 is 0 Å². The highest BCUT2D eigenvalue weighted by Gasteiger charge is 1.93. The molecule has 2 rings (SSSR count). The minimum absolute atomic E-state index is 0.734. The summed E-state index contributed by atoms with van der Waals surface area (Å²) in [5.41, 5.74) is 0. The third-order valence-corrected chi connectivity index (χ3v) is 1.29. The largest absolute Gasteiger partial charge is 0.259 e. The molecule has 0 amide bonds. The molecule has 0 unspecified atom stereocenters. The van der Waals surface area contributed by atoms with Crippen LogP contribution in [0.3, 0.4) is 0 Å². The molecule has 0 spiro atoms. The molecule has 2 aromatic heterocycles. The predicted molar refractivity (Wildman–Crippen MR) is 39.2 cm³/mol. The Bertz CT molecular complexity index is 313. The third kappa shape index (κ3) is 1.10. The van der Waals surface area contributed by atoms with Gasteiger partial charge in [0.15, 0.2) is 5.82 Å². The molecule has 0 aliphatic rings. The molecule has 0 saturated carbocycles. The van der Waals surface area contributed by atoms with Crippen molar-refractivity contribution in [3.8, 4) is 5.82 Å². The highest BCUT2D eigenvalue weighted by atomic mass is 15.3. The molecule has 0 atom stereocenters. The van der Waals surface area contributed by atoms with E-state index in [2.05, 4.69) is 15.1 Å². The van der Waals surface area contributed by atoms with Crippen LogP contribution >= 0.6 is 0 Å². The van der Waals surface area contributed by atoms with Crippen LogP contribution < -0.4 is 0 Å². The van der Waals surface area contributed by atoms with E-state index in [1.807, 2.05) is 12.3 Å². The van der Waals surface area contributed by atoms with Gasteiger partial charge in [0.2, 0.25) is 0 Å². The summed E-state index contributed by atoms with van der Waals surface area (Å²) in [6.45, 7) is 0. The standard InChI is InChI=1S/C7H6N4/c1-2-10-11(5-1)7-6-8-3-4-9-7/h1-6H. The first kappa shape index (κ1) is 6.03.